The Balaban J connectivity index is 1.63. The van der Waals surface area contributed by atoms with Crippen LogP contribution in [0.3, 0.4) is 0 Å². The smallest absolute Gasteiger partial charge is 0.306 e. The topological polar surface area (TPSA) is 66.1 Å². The molecule has 2 heterocycles. The van der Waals surface area contributed by atoms with Crippen molar-refractivity contribution in [2.75, 3.05) is 6.61 Å². The summed E-state index contributed by atoms with van der Waals surface area (Å²) in [6.07, 6.45) is 0.781. The summed E-state index contributed by atoms with van der Waals surface area (Å²) in [5.74, 6) is -0.568. The van der Waals surface area contributed by atoms with Crippen molar-refractivity contribution in [3.63, 3.8) is 0 Å². The highest BCUT2D eigenvalue weighted by atomic mass is 16.5. The predicted molar refractivity (Wildman–Crippen MR) is 116 cm³/mol. The lowest BCUT2D eigenvalue weighted by molar-refractivity contribution is -0.142. The van der Waals surface area contributed by atoms with Crippen LogP contribution in [-0.4, -0.2) is 32.7 Å². The second kappa shape index (κ2) is 8.69. The van der Waals surface area contributed by atoms with Crippen LogP contribution in [0.25, 0.3) is 5.69 Å². The van der Waals surface area contributed by atoms with E-state index in [9.17, 15) is 9.59 Å². The van der Waals surface area contributed by atoms with E-state index in [1.54, 1.807) is 0 Å². The first-order chi connectivity index (χ1) is 14.2. The number of benzene rings is 1. The molecule has 158 valence electrons. The Bertz CT molecular complexity index is 1090. The number of hydrogen-bond donors (Lipinski definition) is 0. The van der Waals surface area contributed by atoms with Crippen LogP contribution >= 0.6 is 0 Å². The van der Waals surface area contributed by atoms with Crippen LogP contribution in [0.2, 0.25) is 0 Å². The van der Waals surface area contributed by atoms with Gasteiger partial charge in [0.05, 0.1) is 5.69 Å². The molecular weight excluding hydrogens is 378 g/mol. The number of ketones is 1. The van der Waals surface area contributed by atoms with E-state index in [2.05, 4.69) is 5.10 Å². The normalized spacial score (nSPS) is 11.0. The number of aryl methyl sites for hydroxylation is 4. The van der Waals surface area contributed by atoms with E-state index in [4.69, 9.17) is 4.74 Å². The Kier molecular flexibility index (Phi) is 6.25. The summed E-state index contributed by atoms with van der Waals surface area (Å²) in [4.78, 5) is 24.9. The SMILES string of the molecule is Cc1ccc(-n2c(C)cc(C(=O)COC(=O)CCc3c(C)nn(C)c3C)c2C)cc1. The Labute approximate surface area is 177 Å². The van der Waals surface area contributed by atoms with Gasteiger partial charge >= 0.3 is 5.97 Å². The fourth-order valence-corrected chi connectivity index (χ4v) is 3.84. The van der Waals surface area contributed by atoms with Gasteiger partial charge < -0.3 is 9.30 Å². The molecule has 0 bridgehead atoms. The van der Waals surface area contributed by atoms with Gasteiger partial charge in [0.25, 0.3) is 0 Å². The molecule has 0 amide bonds. The number of carbonyl (C=O) groups excluding carboxylic acids is 2. The molecule has 0 aliphatic rings. The summed E-state index contributed by atoms with van der Waals surface area (Å²) in [6.45, 7) is 9.58. The Hall–Kier alpha value is -3.15. The zero-order chi connectivity index (χ0) is 22.0. The fraction of sp³-hybridized carbons (Fsp3) is 0.375. The molecule has 1 aromatic carbocycles. The van der Waals surface area contributed by atoms with Gasteiger partial charge in [-0.15, -0.1) is 0 Å². The zero-order valence-corrected chi connectivity index (χ0v) is 18.6. The molecule has 0 unspecified atom stereocenters. The van der Waals surface area contributed by atoms with Crippen molar-refractivity contribution >= 4 is 11.8 Å². The number of hydrogen-bond acceptors (Lipinski definition) is 4. The lowest BCUT2D eigenvalue weighted by Crippen LogP contribution is -2.15. The van der Waals surface area contributed by atoms with Crippen LogP contribution < -0.4 is 0 Å². The molecule has 0 fully saturated rings. The molecule has 0 atom stereocenters. The largest absolute Gasteiger partial charge is 0.457 e. The van der Waals surface area contributed by atoms with E-state index in [0.29, 0.717) is 12.0 Å². The van der Waals surface area contributed by atoms with Crippen LogP contribution in [0.1, 0.15) is 50.7 Å². The van der Waals surface area contributed by atoms with Crippen LogP contribution in [0.15, 0.2) is 30.3 Å². The molecule has 30 heavy (non-hydrogen) atoms. The van der Waals surface area contributed by atoms with Crippen molar-refractivity contribution < 1.29 is 14.3 Å². The van der Waals surface area contributed by atoms with Crippen molar-refractivity contribution in [1.29, 1.82) is 0 Å². The van der Waals surface area contributed by atoms with Gasteiger partial charge in [-0.25, -0.2) is 0 Å². The summed E-state index contributed by atoms with van der Waals surface area (Å²) >= 11 is 0. The fourth-order valence-electron chi connectivity index (χ4n) is 3.84. The van der Waals surface area contributed by atoms with Crippen LogP contribution in [-0.2, 0) is 23.0 Å². The van der Waals surface area contributed by atoms with Crippen molar-refractivity contribution in [1.82, 2.24) is 14.3 Å². The van der Waals surface area contributed by atoms with E-state index in [1.165, 1.54) is 5.56 Å². The minimum absolute atomic E-state index is 0.191. The second-order valence-corrected chi connectivity index (χ2v) is 7.81. The van der Waals surface area contributed by atoms with Crippen molar-refractivity contribution in [3.8, 4) is 5.69 Å². The molecule has 0 saturated carbocycles. The quantitative estimate of drug-likeness (QED) is 0.437. The minimum Gasteiger partial charge on any atom is -0.457 e. The number of Topliss-reactive ketones (excluding diaryl/α,β-unsaturated/α-hetero) is 1. The van der Waals surface area contributed by atoms with Gasteiger partial charge in [0.15, 0.2) is 6.61 Å². The van der Waals surface area contributed by atoms with Gasteiger partial charge in [0.1, 0.15) is 0 Å². The van der Waals surface area contributed by atoms with Crippen LogP contribution in [0, 0.1) is 34.6 Å². The van der Waals surface area contributed by atoms with Gasteiger partial charge in [0.2, 0.25) is 5.78 Å². The van der Waals surface area contributed by atoms with Crippen LogP contribution in [0.5, 0.6) is 0 Å². The van der Waals surface area contributed by atoms with Gasteiger partial charge in [-0.05, 0) is 64.8 Å². The number of carbonyl (C=O) groups is 2. The molecule has 0 aliphatic carbocycles. The van der Waals surface area contributed by atoms with Crippen LogP contribution in [0.4, 0.5) is 0 Å². The third kappa shape index (κ3) is 4.37. The summed E-state index contributed by atoms with van der Waals surface area (Å²) in [7, 11) is 1.88. The first kappa shape index (κ1) is 21.6. The third-order valence-corrected chi connectivity index (χ3v) is 5.63. The number of ether oxygens (including phenoxy) is 1. The van der Waals surface area contributed by atoms with Gasteiger partial charge in [-0.3, -0.25) is 14.3 Å². The maximum atomic E-state index is 12.7. The minimum atomic E-state index is -0.377. The molecule has 0 saturated heterocycles. The van der Waals surface area contributed by atoms with E-state index < -0.39 is 0 Å². The van der Waals surface area contributed by atoms with Gasteiger partial charge in [0, 0.05) is 41.8 Å². The summed E-state index contributed by atoms with van der Waals surface area (Å²) < 4.78 is 9.12. The first-order valence-electron chi connectivity index (χ1n) is 10.1. The molecular formula is C24H29N3O3. The van der Waals surface area contributed by atoms with E-state index in [1.807, 2.05) is 81.2 Å². The number of esters is 1. The first-order valence-corrected chi connectivity index (χ1v) is 10.1. The maximum Gasteiger partial charge on any atom is 0.306 e. The number of nitrogens with zero attached hydrogens (tertiary/aromatic N) is 3. The summed E-state index contributed by atoms with van der Waals surface area (Å²) in [5.41, 5.74) is 7.60. The number of aromatic nitrogens is 3. The maximum absolute atomic E-state index is 12.7. The Morgan fingerprint density at radius 2 is 1.67 bits per heavy atom. The van der Waals surface area contributed by atoms with Gasteiger partial charge in [-0.2, -0.15) is 5.10 Å². The third-order valence-electron chi connectivity index (χ3n) is 5.63. The molecule has 0 radical (unpaired) electrons. The lowest BCUT2D eigenvalue weighted by atomic mass is 10.1. The highest BCUT2D eigenvalue weighted by Crippen LogP contribution is 2.22. The molecule has 2 aromatic heterocycles. The molecule has 3 aromatic rings. The molecule has 0 aliphatic heterocycles. The molecule has 3 rings (SSSR count). The Morgan fingerprint density at radius 1 is 1.00 bits per heavy atom. The van der Waals surface area contributed by atoms with Crippen molar-refractivity contribution in [3.05, 3.63) is 69.8 Å². The second-order valence-electron chi connectivity index (χ2n) is 7.81. The standard InChI is InChI=1S/C24H29N3O3/c1-15-7-9-20(10-8-15)27-16(2)13-22(19(27)5)23(28)14-30-24(29)12-11-21-17(3)25-26(6)18(21)4/h7-10,13H,11-12,14H2,1-6H3. The summed E-state index contributed by atoms with van der Waals surface area (Å²) in [5, 5.41) is 4.36. The lowest BCUT2D eigenvalue weighted by Gasteiger charge is -2.10. The average molecular weight is 408 g/mol. The number of rotatable bonds is 7. The van der Waals surface area contributed by atoms with Crippen molar-refractivity contribution in [2.24, 2.45) is 7.05 Å². The molecule has 0 N–H and O–H groups in total. The predicted octanol–water partition coefficient (Wildman–Crippen LogP) is 4.11. The van der Waals surface area contributed by atoms with E-state index in [-0.39, 0.29) is 24.8 Å². The van der Waals surface area contributed by atoms with E-state index in [0.717, 1.165) is 34.0 Å². The zero-order valence-electron chi connectivity index (χ0n) is 18.6. The molecule has 6 heteroatoms. The average Bonchev–Trinajstić information content (AvgIpc) is 3.13. The monoisotopic (exact) mass is 407 g/mol. The summed E-state index contributed by atoms with van der Waals surface area (Å²) in [6, 6.07) is 10.0. The molecule has 0 spiro atoms. The Morgan fingerprint density at radius 3 is 2.27 bits per heavy atom. The molecule has 6 nitrogen and oxygen atoms in total. The highest BCUT2D eigenvalue weighted by molar-refractivity contribution is 5.99. The highest BCUT2D eigenvalue weighted by Gasteiger charge is 2.19. The van der Waals surface area contributed by atoms with Gasteiger partial charge in [-0.1, -0.05) is 17.7 Å². The van der Waals surface area contributed by atoms with E-state index >= 15 is 0 Å². The van der Waals surface area contributed by atoms with Crippen molar-refractivity contribution in [2.45, 2.75) is 47.5 Å².